The molecule has 12 unspecified atom stereocenters. The van der Waals surface area contributed by atoms with Crippen molar-refractivity contribution in [1.82, 2.24) is 19.6 Å². The number of nitrogens with zero attached hydrogens (tertiary/aromatic N) is 4. The van der Waals surface area contributed by atoms with Crippen molar-refractivity contribution in [2.75, 3.05) is 78.9 Å². The number of hydrogen-bond donors (Lipinski definition) is 2. The molecule has 12 atom stereocenters. The van der Waals surface area contributed by atoms with Gasteiger partial charge in [-0.05, 0) is 12.1 Å². The summed E-state index contributed by atoms with van der Waals surface area (Å²) in [6.45, 7) is 3.73. The Hall–Kier alpha value is -6.64. The first-order chi connectivity index (χ1) is 34.8. The van der Waals surface area contributed by atoms with Gasteiger partial charge in [0.1, 0.15) is 11.8 Å². The van der Waals surface area contributed by atoms with Gasteiger partial charge in [-0.25, -0.2) is 0 Å². The predicted octanol–water partition coefficient (Wildman–Crippen LogP) is -2.43. The third kappa shape index (κ3) is 10.8. The predicted molar refractivity (Wildman–Crippen MR) is 240 cm³/mol. The molecule has 6 bridgehead atoms. The third-order valence-electron chi connectivity index (χ3n) is 13.2. The molecule has 11 aliphatic rings. The molecule has 8 amide bonds. The highest BCUT2D eigenvalue weighted by atomic mass is 16.6. The number of imide groups is 4. The van der Waals surface area contributed by atoms with Crippen LogP contribution in [0, 0.1) is 35.5 Å². The van der Waals surface area contributed by atoms with Gasteiger partial charge >= 0.3 is 11.9 Å². The highest BCUT2D eigenvalue weighted by molar-refractivity contribution is 6.13. The minimum absolute atomic E-state index is 0.158. The molecule has 12 rings (SSSR count). The summed E-state index contributed by atoms with van der Waals surface area (Å²) in [6, 6.07) is 3.67. The lowest BCUT2D eigenvalue weighted by Gasteiger charge is -2.19. The van der Waals surface area contributed by atoms with Crippen molar-refractivity contribution in [3.63, 3.8) is 0 Å². The van der Waals surface area contributed by atoms with Crippen molar-refractivity contribution in [2.45, 2.75) is 36.6 Å². The van der Waals surface area contributed by atoms with E-state index < -0.39 is 35.6 Å². The second kappa shape index (κ2) is 23.3. The molecule has 24 nitrogen and oxygen atoms in total. The van der Waals surface area contributed by atoms with Crippen LogP contribution in [0.4, 0.5) is 0 Å². The van der Waals surface area contributed by atoms with Crippen LogP contribution >= 0.6 is 0 Å². The number of ether oxygens (including phenoxy) is 7. The van der Waals surface area contributed by atoms with Crippen molar-refractivity contribution < 1.29 is 85.5 Å². The number of esters is 2. The maximum atomic E-state index is 12.5. The monoisotopic (exact) mass is 1000 g/mol. The molecule has 0 radical (unpaired) electrons. The van der Waals surface area contributed by atoms with Crippen LogP contribution < -0.4 is 11.5 Å². The van der Waals surface area contributed by atoms with Crippen molar-refractivity contribution in [3.05, 3.63) is 85.4 Å². The smallest absolute Gasteiger partial charge is 0.320 e. The van der Waals surface area contributed by atoms with E-state index >= 15 is 0 Å². The SMILES string of the molecule is NCCOCCN.O=C1C2C3C=CC(O3)C2C(=O)N1CCOCCN1C(=O)C2C3C=CC(O3)C2C1=O.O=C1C=CC(=O)N1CCOCCN1C(=O)C=CC1=O.O=C1OC(=O)C2C3C=CC(O3)C12.c1ccoc1. The van der Waals surface area contributed by atoms with E-state index in [1.165, 1.54) is 34.1 Å². The molecule has 4 N–H and O–H groups in total. The standard InChI is InChI=1S/C20H20N2O7.C12H12N2O5.C8H6O4.C4H12N2O.C4H4O/c23-17-13-9-1-2-10(28-9)14(13)18(24)21(17)5-7-27-8-6-22-19(25)15-11-3-4-12(29-11)16(15)20(22)26;15-9-1-2-10(16)13(9)5-7-19-8-6-14-11(17)3-4-12(14)18;9-7-5-3-1-2-4(11-3)6(5)8(10)12-7;5-1-3-7-4-2-6;1-2-4-5-3-1/h1-4,9-16H,5-8H2;1-4H,5-8H2;1-6H;1-6H2;1-4H. The number of cyclic esters (lactones) is 2. The first-order valence-electron chi connectivity index (χ1n) is 23.5. The molecule has 1 aromatic rings. The summed E-state index contributed by atoms with van der Waals surface area (Å²) in [6.07, 6.45) is 17.5. The normalized spacial score (nSPS) is 31.9. The molecule has 1 aromatic heterocycles. The lowest BCUT2D eigenvalue weighted by molar-refractivity contribution is -0.157. The summed E-state index contributed by atoms with van der Waals surface area (Å²) in [7, 11) is 0. The van der Waals surface area contributed by atoms with Crippen LogP contribution in [0.3, 0.4) is 0 Å². The molecule has 11 aliphatic heterocycles. The highest BCUT2D eigenvalue weighted by Crippen LogP contribution is 2.46. The fraction of sp³-hybridized carbons (Fsp3) is 0.500. The van der Waals surface area contributed by atoms with Gasteiger partial charge in [-0.15, -0.1) is 0 Å². The fourth-order valence-corrected chi connectivity index (χ4v) is 9.90. The Kier molecular flexibility index (Phi) is 16.7. The Morgan fingerprint density at radius 1 is 0.389 bits per heavy atom. The largest absolute Gasteiger partial charge is 0.473 e. The number of amides is 8. The first-order valence-corrected chi connectivity index (χ1v) is 23.5. The van der Waals surface area contributed by atoms with Crippen LogP contribution in [-0.4, -0.2) is 194 Å². The molecule has 24 heteroatoms. The third-order valence-corrected chi connectivity index (χ3v) is 13.2. The summed E-state index contributed by atoms with van der Waals surface area (Å²) in [4.78, 5) is 122. The molecule has 6 saturated heterocycles. The van der Waals surface area contributed by atoms with Crippen molar-refractivity contribution in [3.8, 4) is 0 Å². The second-order valence-corrected chi connectivity index (χ2v) is 17.4. The second-order valence-electron chi connectivity index (χ2n) is 17.4. The Bertz CT molecular complexity index is 2180. The lowest BCUT2D eigenvalue weighted by atomic mass is 9.85. The fourth-order valence-electron chi connectivity index (χ4n) is 9.90. The molecule has 0 aromatic carbocycles. The zero-order valence-electron chi connectivity index (χ0n) is 38.8. The van der Waals surface area contributed by atoms with E-state index in [1.807, 2.05) is 48.6 Å². The van der Waals surface area contributed by atoms with Gasteiger partial charge < -0.3 is 49.0 Å². The number of likely N-dealkylation sites (tertiary alicyclic amines) is 2. The van der Waals surface area contributed by atoms with E-state index in [0.29, 0.717) is 26.3 Å². The molecule has 12 heterocycles. The van der Waals surface area contributed by atoms with Gasteiger partial charge in [-0.1, -0.05) is 36.5 Å². The summed E-state index contributed by atoms with van der Waals surface area (Å²) in [5, 5.41) is 0. The van der Waals surface area contributed by atoms with Gasteiger partial charge in [0.25, 0.3) is 23.6 Å². The number of rotatable bonds is 16. The molecular weight excluding hydrogens is 949 g/mol. The van der Waals surface area contributed by atoms with Gasteiger partial charge in [-0.2, -0.15) is 0 Å². The van der Waals surface area contributed by atoms with E-state index in [9.17, 15) is 47.9 Å². The molecule has 0 spiro atoms. The Balaban J connectivity index is 0.000000138. The van der Waals surface area contributed by atoms with Crippen LogP contribution in [0.5, 0.6) is 0 Å². The Labute approximate surface area is 411 Å². The minimum Gasteiger partial charge on any atom is -0.473 e. The summed E-state index contributed by atoms with van der Waals surface area (Å²) < 4.78 is 41.3. The quantitative estimate of drug-likeness (QED) is 0.0572. The number of carbonyl (C=O) groups is 10. The van der Waals surface area contributed by atoms with Gasteiger partial charge in [0.2, 0.25) is 23.6 Å². The minimum atomic E-state index is -0.429. The maximum absolute atomic E-state index is 12.5. The number of furan rings is 1. The molecule has 72 heavy (non-hydrogen) atoms. The average molecular weight is 1000 g/mol. The average Bonchev–Trinajstić information content (AvgIpc) is 4.21. The highest BCUT2D eigenvalue weighted by Gasteiger charge is 2.62. The van der Waals surface area contributed by atoms with Crippen molar-refractivity contribution >= 4 is 59.2 Å². The van der Waals surface area contributed by atoms with Gasteiger partial charge in [-0.3, -0.25) is 67.5 Å². The van der Waals surface area contributed by atoms with E-state index in [2.05, 4.69) is 9.15 Å². The first kappa shape index (κ1) is 51.7. The molecule has 6 fully saturated rings. The van der Waals surface area contributed by atoms with Crippen LogP contribution in [0.15, 0.2) is 89.8 Å². The molecule has 384 valence electrons. The summed E-state index contributed by atoms with van der Waals surface area (Å²) in [5.74, 6) is -5.51. The maximum Gasteiger partial charge on any atom is 0.320 e. The van der Waals surface area contributed by atoms with Gasteiger partial charge in [0.05, 0.1) is 139 Å². The van der Waals surface area contributed by atoms with Crippen LogP contribution in [0.25, 0.3) is 0 Å². The van der Waals surface area contributed by atoms with Crippen LogP contribution in [0.1, 0.15) is 0 Å². The van der Waals surface area contributed by atoms with Crippen LogP contribution in [0.2, 0.25) is 0 Å². The Morgan fingerprint density at radius 3 is 0.944 bits per heavy atom. The van der Waals surface area contributed by atoms with E-state index in [0.717, 1.165) is 9.80 Å². The lowest BCUT2D eigenvalue weighted by Crippen LogP contribution is -2.38. The molecule has 0 saturated carbocycles. The van der Waals surface area contributed by atoms with Crippen LogP contribution in [-0.2, 0) is 81.1 Å². The zero-order valence-corrected chi connectivity index (χ0v) is 38.8. The molecule has 0 aliphatic carbocycles. The Morgan fingerprint density at radius 2 is 0.667 bits per heavy atom. The van der Waals surface area contributed by atoms with E-state index in [1.54, 1.807) is 12.5 Å². The summed E-state index contributed by atoms with van der Waals surface area (Å²) >= 11 is 0. The van der Waals surface area contributed by atoms with Gasteiger partial charge in [0, 0.05) is 37.4 Å². The number of carbonyl (C=O) groups excluding carboxylic acids is 10. The van der Waals surface area contributed by atoms with E-state index in [4.69, 9.17) is 39.9 Å². The van der Waals surface area contributed by atoms with Crippen molar-refractivity contribution in [2.24, 2.45) is 47.0 Å². The number of nitrogens with two attached hydrogens (primary N) is 2. The van der Waals surface area contributed by atoms with Crippen molar-refractivity contribution in [1.29, 1.82) is 0 Å². The molecular formula is C48H54N6O18. The topological polar surface area (TPSA) is 313 Å². The summed E-state index contributed by atoms with van der Waals surface area (Å²) in [5.41, 5.74) is 10.2. The number of hydrogen-bond acceptors (Lipinski definition) is 20. The zero-order chi connectivity index (χ0) is 51.1. The van der Waals surface area contributed by atoms with Gasteiger partial charge in [0.15, 0.2) is 0 Å². The number of fused-ring (bicyclic) bond motifs is 15. The van der Waals surface area contributed by atoms with E-state index in [-0.39, 0.29) is 148 Å².